The monoisotopic (exact) mass is 297 g/mol. The van der Waals surface area contributed by atoms with E-state index in [9.17, 15) is 4.79 Å². The first kappa shape index (κ1) is 15.4. The lowest BCUT2D eigenvalue weighted by molar-refractivity contribution is 0.0775. The Morgan fingerprint density at radius 3 is 2.85 bits per heavy atom. The van der Waals surface area contributed by atoms with Gasteiger partial charge in [0.25, 0.3) is 5.91 Å². The summed E-state index contributed by atoms with van der Waals surface area (Å²) in [4.78, 5) is 21.0. The van der Waals surface area contributed by atoms with E-state index in [-0.39, 0.29) is 5.91 Å². The van der Waals surface area contributed by atoms with Crippen LogP contribution in [0.25, 0.3) is 0 Å². The number of likely N-dealkylation sites (N-methyl/N-ethyl adjacent to an activating group) is 1. The molecule has 1 aliphatic heterocycles. The fourth-order valence-electron chi connectivity index (χ4n) is 2.77. The highest BCUT2D eigenvalue weighted by Gasteiger charge is 2.36. The van der Waals surface area contributed by atoms with Crippen molar-refractivity contribution < 1.29 is 9.53 Å². The van der Waals surface area contributed by atoms with Crippen molar-refractivity contribution in [3.8, 4) is 0 Å². The maximum atomic E-state index is 12.5. The number of likely N-dealkylation sites (tertiary alicyclic amines) is 1. The number of carbonyl (C=O) groups is 1. The minimum Gasteiger partial charge on any atom is -0.378 e. The Labute approximate surface area is 124 Å². The van der Waals surface area contributed by atoms with Crippen LogP contribution in [0.4, 0.5) is 0 Å². The molecule has 1 aliphatic rings. The highest BCUT2D eigenvalue weighted by Crippen LogP contribution is 2.25. The van der Waals surface area contributed by atoms with Crippen LogP contribution < -0.4 is 0 Å². The number of nitrogens with zero attached hydrogens (tertiary/aromatic N) is 3. The summed E-state index contributed by atoms with van der Waals surface area (Å²) in [6, 6.07) is 0.445. The van der Waals surface area contributed by atoms with Crippen LogP contribution in [0.3, 0.4) is 0 Å². The van der Waals surface area contributed by atoms with E-state index in [1.807, 2.05) is 10.3 Å². The molecule has 0 spiro atoms. The number of methoxy groups -OCH3 is 1. The van der Waals surface area contributed by atoms with Gasteiger partial charge < -0.3 is 14.5 Å². The summed E-state index contributed by atoms with van der Waals surface area (Å²) < 4.78 is 5.05. The molecule has 1 saturated heterocycles. The van der Waals surface area contributed by atoms with Gasteiger partial charge in [-0.3, -0.25) is 4.79 Å². The van der Waals surface area contributed by atoms with E-state index in [0.29, 0.717) is 24.3 Å². The topological polar surface area (TPSA) is 45.7 Å². The summed E-state index contributed by atoms with van der Waals surface area (Å²) in [6.45, 7) is 4.28. The molecule has 2 heterocycles. The van der Waals surface area contributed by atoms with Crippen molar-refractivity contribution in [1.29, 1.82) is 0 Å². The average Bonchev–Trinajstić information content (AvgIpc) is 3.04. The second kappa shape index (κ2) is 6.65. The second-order valence-electron chi connectivity index (χ2n) is 5.47. The van der Waals surface area contributed by atoms with E-state index in [2.05, 4.69) is 30.9 Å². The van der Waals surface area contributed by atoms with Crippen LogP contribution in [0.1, 0.15) is 28.8 Å². The number of hydrogen-bond acceptors (Lipinski definition) is 5. The van der Waals surface area contributed by atoms with Crippen molar-refractivity contribution in [3.63, 3.8) is 0 Å². The highest BCUT2D eigenvalue weighted by atomic mass is 32.1. The van der Waals surface area contributed by atoms with Crippen LogP contribution in [0.5, 0.6) is 0 Å². The van der Waals surface area contributed by atoms with Crippen LogP contribution >= 0.6 is 11.3 Å². The summed E-state index contributed by atoms with van der Waals surface area (Å²) in [7, 11) is 5.80. The summed E-state index contributed by atoms with van der Waals surface area (Å²) >= 11 is 1.48. The Hall–Kier alpha value is -0.980. The van der Waals surface area contributed by atoms with Gasteiger partial charge in [-0.15, -0.1) is 11.3 Å². The van der Waals surface area contributed by atoms with Crippen molar-refractivity contribution in [1.82, 2.24) is 14.8 Å². The van der Waals surface area contributed by atoms with Gasteiger partial charge in [0, 0.05) is 31.6 Å². The summed E-state index contributed by atoms with van der Waals surface area (Å²) in [5.41, 5.74) is 0.552. The first-order valence-corrected chi connectivity index (χ1v) is 7.83. The molecule has 1 fully saturated rings. The highest BCUT2D eigenvalue weighted by molar-refractivity contribution is 7.09. The van der Waals surface area contributed by atoms with E-state index < -0.39 is 0 Å². The summed E-state index contributed by atoms with van der Waals surface area (Å²) in [5, 5.41) is 2.69. The predicted molar refractivity (Wildman–Crippen MR) is 80.0 cm³/mol. The molecule has 1 amide bonds. The first-order chi connectivity index (χ1) is 9.56. The van der Waals surface area contributed by atoms with Gasteiger partial charge in [-0.2, -0.15) is 0 Å². The third kappa shape index (κ3) is 3.19. The molecular formula is C14H23N3O2S. The molecule has 0 N–H and O–H groups in total. The Kier molecular flexibility index (Phi) is 5.12. The molecule has 1 aromatic rings. The fourth-order valence-corrected chi connectivity index (χ4v) is 3.51. The number of thiazole rings is 1. The number of carbonyl (C=O) groups excluding carboxylic acids is 1. The Morgan fingerprint density at radius 2 is 2.30 bits per heavy atom. The van der Waals surface area contributed by atoms with Crippen LogP contribution in [0.2, 0.25) is 0 Å². The maximum absolute atomic E-state index is 12.5. The largest absolute Gasteiger partial charge is 0.378 e. The Balaban J connectivity index is 2.05. The second-order valence-corrected chi connectivity index (χ2v) is 6.41. The Bertz CT molecular complexity index is 461. The van der Waals surface area contributed by atoms with Crippen LogP contribution in [-0.2, 0) is 11.3 Å². The summed E-state index contributed by atoms with van der Waals surface area (Å²) in [5.74, 6) is 0.595. The molecule has 0 bridgehead atoms. The Morgan fingerprint density at radius 1 is 1.55 bits per heavy atom. The minimum absolute atomic E-state index is 0.0476. The molecule has 0 aromatic carbocycles. The molecule has 1 aromatic heterocycles. The van der Waals surface area contributed by atoms with Gasteiger partial charge in [0.1, 0.15) is 10.7 Å². The predicted octanol–water partition coefficient (Wildman–Crippen LogP) is 1.70. The van der Waals surface area contributed by atoms with Gasteiger partial charge >= 0.3 is 0 Å². The van der Waals surface area contributed by atoms with Gasteiger partial charge in [-0.05, 0) is 20.0 Å². The maximum Gasteiger partial charge on any atom is 0.273 e. The van der Waals surface area contributed by atoms with E-state index in [4.69, 9.17) is 4.74 Å². The number of hydrogen-bond donors (Lipinski definition) is 0. The molecule has 0 aliphatic carbocycles. The minimum atomic E-state index is 0.0476. The fraction of sp³-hybridized carbons (Fsp3) is 0.714. The number of aromatic nitrogens is 1. The van der Waals surface area contributed by atoms with E-state index in [0.717, 1.165) is 24.5 Å². The molecule has 2 unspecified atom stereocenters. The zero-order chi connectivity index (χ0) is 14.7. The molecular weight excluding hydrogens is 274 g/mol. The average molecular weight is 297 g/mol. The molecule has 112 valence electrons. The van der Waals surface area contributed by atoms with Crippen molar-refractivity contribution in [2.24, 2.45) is 5.92 Å². The molecule has 0 saturated carbocycles. The van der Waals surface area contributed by atoms with Crippen LogP contribution in [-0.4, -0.2) is 61.0 Å². The van der Waals surface area contributed by atoms with Gasteiger partial charge in [-0.1, -0.05) is 13.3 Å². The molecule has 2 atom stereocenters. The zero-order valence-corrected chi connectivity index (χ0v) is 13.4. The first-order valence-electron chi connectivity index (χ1n) is 6.95. The summed E-state index contributed by atoms with van der Waals surface area (Å²) in [6.07, 6.45) is 1.10. The zero-order valence-electron chi connectivity index (χ0n) is 12.6. The van der Waals surface area contributed by atoms with Crippen LogP contribution in [0.15, 0.2) is 5.38 Å². The molecule has 0 radical (unpaired) electrons. The van der Waals surface area contributed by atoms with Gasteiger partial charge in [-0.25, -0.2) is 4.98 Å². The van der Waals surface area contributed by atoms with Crippen molar-refractivity contribution in [2.75, 3.05) is 34.3 Å². The lowest BCUT2D eigenvalue weighted by Gasteiger charge is -2.23. The number of amides is 1. The molecule has 6 heteroatoms. The SMILES string of the molecule is CCC1CN(C(=O)c2csc(COC)n2)CC1N(C)C. The smallest absolute Gasteiger partial charge is 0.273 e. The van der Waals surface area contributed by atoms with Crippen molar-refractivity contribution in [3.05, 3.63) is 16.1 Å². The van der Waals surface area contributed by atoms with E-state index in [1.54, 1.807) is 7.11 Å². The van der Waals surface area contributed by atoms with Gasteiger partial charge in [0.2, 0.25) is 0 Å². The van der Waals surface area contributed by atoms with Crippen molar-refractivity contribution in [2.45, 2.75) is 26.0 Å². The third-order valence-electron chi connectivity index (χ3n) is 3.92. The van der Waals surface area contributed by atoms with Crippen molar-refractivity contribution >= 4 is 17.2 Å². The van der Waals surface area contributed by atoms with Crippen LogP contribution in [0, 0.1) is 5.92 Å². The molecule has 5 nitrogen and oxygen atoms in total. The lowest BCUT2D eigenvalue weighted by Crippen LogP contribution is -2.36. The lowest BCUT2D eigenvalue weighted by atomic mass is 10.0. The standard InChI is InChI=1S/C14H23N3O2S/c1-5-10-6-17(7-12(10)16(2)3)14(18)11-9-20-13(15-11)8-19-4/h9-10,12H,5-8H2,1-4H3. The molecule has 2 rings (SSSR count). The van der Waals surface area contributed by atoms with Gasteiger partial charge in [0.05, 0.1) is 6.61 Å². The molecule has 20 heavy (non-hydrogen) atoms. The number of ether oxygens (including phenoxy) is 1. The van der Waals surface area contributed by atoms with E-state index >= 15 is 0 Å². The number of rotatable bonds is 5. The van der Waals surface area contributed by atoms with E-state index in [1.165, 1.54) is 11.3 Å². The van der Waals surface area contributed by atoms with Gasteiger partial charge in [0.15, 0.2) is 0 Å². The third-order valence-corrected chi connectivity index (χ3v) is 4.74. The normalized spacial score (nSPS) is 22.8. The quantitative estimate of drug-likeness (QED) is 0.830.